The van der Waals surface area contributed by atoms with Crippen LogP contribution in [0, 0.1) is 22.5 Å². The summed E-state index contributed by atoms with van der Waals surface area (Å²) in [7, 11) is 0. The van der Waals surface area contributed by atoms with Gasteiger partial charge < -0.3 is 0 Å². The molecule has 0 amide bonds. The lowest BCUT2D eigenvalue weighted by Crippen LogP contribution is -1.92. The van der Waals surface area contributed by atoms with Gasteiger partial charge in [-0.25, -0.2) is 0 Å². The van der Waals surface area contributed by atoms with E-state index in [0.717, 1.165) is 0 Å². The number of nitrogens with zero attached hydrogens (tertiary/aromatic N) is 1. The van der Waals surface area contributed by atoms with Crippen molar-refractivity contribution in [2.24, 2.45) is 0 Å². The van der Waals surface area contributed by atoms with Gasteiger partial charge in [-0.3, -0.25) is 10.1 Å². The fourth-order valence-electron chi connectivity index (χ4n) is 0.355. The van der Waals surface area contributed by atoms with Gasteiger partial charge in [0.05, 0.1) is 4.92 Å². The largest absolute Gasteiger partial charge is 0.259 e. The predicted octanol–water partition coefficient (Wildman–Crippen LogP) is 1.75. The van der Waals surface area contributed by atoms with Crippen LogP contribution in [-0.2, 0) is 0 Å². The van der Waals surface area contributed by atoms with Crippen molar-refractivity contribution in [2.45, 2.75) is 13.8 Å². The summed E-state index contributed by atoms with van der Waals surface area (Å²) in [6, 6.07) is 0. The molecule has 0 saturated heterocycles. The second-order valence-corrected chi connectivity index (χ2v) is 2.06. The number of hydrogen-bond acceptors (Lipinski definition) is 2. The van der Waals surface area contributed by atoms with Crippen molar-refractivity contribution in [2.75, 3.05) is 0 Å². The molecule has 0 radical (unpaired) electrons. The molecule has 0 heterocycles. The highest BCUT2D eigenvalue weighted by Crippen LogP contribution is 1.96. The van der Waals surface area contributed by atoms with Crippen molar-refractivity contribution >= 4 is 0 Å². The Morgan fingerprint density at radius 1 is 1.55 bits per heavy atom. The van der Waals surface area contributed by atoms with Crippen molar-refractivity contribution in [3.8, 4) is 12.3 Å². The van der Waals surface area contributed by atoms with E-state index in [0.29, 0.717) is 5.57 Å². The Morgan fingerprint density at radius 3 is 2.45 bits per heavy atom. The Bertz CT molecular complexity index is 256. The van der Waals surface area contributed by atoms with Gasteiger partial charge in [-0.05, 0) is 18.6 Å². The minimum absolute atomic E-state index is 0.0830. The molecule has 0 unspecified atom stereocenters. The van der Waals surface area contributed by atoms with Crippen LogP contribution in [0.5, 0.6) is 0 Å². The first-order valence-electron chi connectivity index (χ1n) is 3.04. The van der Waals surface area contributed by atoms with Crippen LogP contribution in [-0.4, -0.2) is 4.92 Å². The Hall–Kier alpha value is -1.56. The molecular weight excluding hydrogens is 142 g/mol. The predicted molar refractivity (Wildman–Crippen MR) is 43.3 cm³/mol. The van der Waals surface area contributed by atoms with Gasteiger partial charge in [0.15, 0.2) is 0 Å². The Balaban J connectivity index is 4.38. The van der Waals surface area contributed by atoms with Crippen LogP contribution in [0.4, 0.5) is 0 Å². The van der Waals surface area contributed by atoms with Gasteiger partial charge in [-0.1, -0.05) is 5.92 Å². The second kappa shape index (κ2) is 4.29. The number of nitro groups is 1. The van der Waals surface area contributed by atoms with Gasteiger partial charge in [0.2, 0.25) is 5.70 Å². The van der Waals surface area contributed by atoms with Gasteiger partial charge in [-0.15, -0.1) is 6.42 Å². The monoisotopic (exact) mass is 151 g/mol. The molecule has 0 atom stereocenters. The van der Waals surface area contributed by atoms with Gasteiger partial charge in [0.1, 0.15) is 0 Å². The highest BCUT2D eigenvalue weighted by atomic mass is 16.6. The Labute approximate surface area is 65.6 Å². The van der Waals surface area contributed by atoms with Crippen LogP contribution in [0.2, 0.25) is 0 Å². The number of allylic oxidation sites excluding steroid dienone is 4. The molecule has 0 fully saturated rings. The molecule has 0 spiro atoms. The zero-order chi connectivity index (χ0) is 8.85. The van der Waals surface area contributed by atoms with Crippen LogP contribution in [0.3, 0.4) is 0 Å². The van der Waals surface area contributed by atoms with Crippen molar-refractivity contribution < 1.29 is 4.92 Å². The molecule has 0 aliphatic heterocycles. The third-order valence-corrected chi connectivity index (χ3v) is 1.09. The van der Waals surface area contributed by atoms with E-state index in [1.807, 2.05) is 0 Å². The summed E-state index contributed by atoms with van der Waals surface area (Å²) in [4.78, 5) is 9.60. The molecule has 3 nitrogen and oxygen atoms in total. The van der Waals surface area contributed by atoms with Gasteiger partial charge in [0.25, 0.3) is 0 Å². The normalized spacial score (nSPS) is 12.5. The molecule has 0 aromatic heterocycles. The van der Waals surface area contributed by atoms with Crippen molar-refractivity contribution in [3.63, 3.8) is 0 Å². The lowest BCUT2D eigenvalue weighted by atomic mass is 10.3. The topological polar surface area (TPSA) is 43.1 Å². The van der Waals surface area contributed by atoms with E-state index < -0.39 is 4.92 Å². The number of hydrogen-bond donors (Lipinski definition) is 0. The molecule has 3 heteroatoms. The summed E-state index contributed by atoms with van der Waals surface area (Å²) in [6.07, 6.45) is 7.94. The SMILES string of the molecule is C#C/C(C)=C\C=C(/C)[N+](=O)[O-]. The van der Waals surface area contributed by atoms with Crippen molar-refractivity contribution in [1.82, 2.24) is 0 Å². The molecule has 11 heavy (non-hydrogen) atoms. The molecule has 0 aliphatic carbocycles. The summed E-state index contributed by atoms with van der Waals surface area (Å²) in [5.41, 5.74) is 0.755. The minimum Gasteiger partial charge on any atom is -0.259 e. The number of rotatable bonds is 2. The highest BCUT2D eigenvalue weighted by molar-refractivity contribution is 5.27. The van der Waals surface area contributed by atoms with Crippen molar-refractivity contribution in [1.29, 1.82) is 0 Å². The number of terminal acetylenes is 1. The van der Waals surface area contributed by atoms with Crippen LogP contribution in [0.15, 0.2) is 23.4 Å². The quantitative estimate of drug-likeness (QED) is 0.261. The molecular formula is C8H9NO2. The third-order valence-electron chi connectivity index (χ3n) is 1.09. The van der Waals surface area contributed by atoms with Crippen LogP contribution in [0.25, 0.3) is 0 Å². The first-order chi connectivity index (χ1) is 5.07. The maximum atomic E-state index is 10.1. The Morgan fingerprint density at radius 2 is 2.09 bits per heavy atom. The fourth-order valence-corrected chi connectivity index (χ4v) is 0.355. The van der Waals surface area contributed by atoms with E-state index in [1.54, 1.807) is 6.92 Å². The zero-order valence-corrected chi connectivity index (χ0v) is 6.50. The summed E-state index contributed by atoms with van der Waals surface area (Å²) in [5.74, 6) is 2.35. The summed E-state index contributed by atoms with van der Waals surface area (Å²) >= 11 is 0. The van der Waals surface area contributed by atoms with E-state index in [4.69, 9.17) is 6.42 Å². The second-order valence-electron chi connectivity index (χ2n) is 2.06. The first kappa shape index (κ1) is 9.44. The minimum atomic E-state index is -0.458. The van der Waals surface area contributed by atoms with E-state index in [2.05, 4.69) is 5.92 Å². The molecule has 0 N–H and O–H groups in total. The molecule has 0 aliphatic rings. The standard InChI is InChI=1S/C8H9NO2/c1-4-7(2)5-6-8(3)9(10)11/h1,5-6H,2-3H3/b7-5-,8-6+. The van der Waals surface area contributed by atoms with Crippen LogP contribution in [0.1, 0.15) is 13.8 Å². The zero-order valence-electron chi connectivity index (χ0n) is 6.50. The molecule has 0 rings (SSSR count). The maximum absolute atomic E-state index is 10.1. The molecule has 0 bridgehead atoms. The lowest BCUT2D eigenvalue weighted by Gasteiger charge is -1.85. The lowest BCUT2D eigenvalue weighted by molar-refractivity contribution is -0.424. The van der Waals surface area contributed by atoms with Gasteiger partial charge in [-0.2, -0.15) is 0 Å². The van der Waals surface area contributed by atoms with Gasteiger partial charge in [0, 0.05) is 13.0 Å². The van der Waals surface area contributed by atoms with Crippen LogP contribution < -0.4 is 0 Å². The summed E-state index contributed by atoms with van der Waals surface area (Å²) in [6.45, 7) is 3.13. The molecule has 0 aromatic rings. The maximum Gasteiger partial charge on any atom is 0.243 e. The summed E-state index contributed by atoms with van der Waals surface area (Å²) in [5, 5.41) is 10.1. The van der Waals surface area contributed by atoms with Crippen LogP contribution >= 0.6 is 0 Å². The van der Waals surface area contributed by atoms with E-state index in [1.165, 1.54) is 19.1 Å². The smallest absolute Gasteiger partial charge is 0.243 e. The summed E-state index contributed by atoms with van der Waals surface area (Å²) < 4.78 is 0. The van der Waals surface area contributed by atoms with E-state index >= 15 is 0 Å². The first-order valence-corrected chi connectivity index (χ1v) is 3.04. The average molecular weight is 151 g/mol. The Kier molecular flexibility index (Phi) is 3.68. The highest BCUT2D eigenvalue weighted by Gasteiger charge is 1.97. The average Bonchev–Trinajstić information content (AvgIpc) is 1.99. The van der Waals surface area contributed by atoms with E-state index in [9.17, 15) is 10.1 Å². The molecule has 58 valence electrons. The fraction of sp³-hybridized carbons (Fsp3) is 0.250. The van der Waals surface area contributed by atoms with Crippen molar-refractivity contribution in [3.05, 3.63) is 33.5 Å². The van der Waals surface area contributed by atoms with E-state index in [-0.39, 0.29) is 5.70 Å². The van der Waals surface area contributed by atoms with Gasteiger partial charge >= 0.3 is 0 Å². The molecule has 0 aromatic carbocycles. The molecule has 0 saturated carbocycles. The third kappa shape index (κ3) is 3.93.